The van der Waals surface area contributed by atoms with Gasteiger partial charge in [-0.3, -0.25) is 9.59 Å². The lowest BCUT2D eigenvalue weighted by atomic mass is 10.1. The maximum atomic E-state index is 13.0. The highest BCUT2D eigenvalue weighted by Gasteiger charge is 2.16. The van der Waals surface area contributed by atoms with E-state index in [0.29, 0.717) is 23.3 Å². The predicted octanol–water partition coefficient (Wildman–Crippen LogP) is 3.51. The minimum atomic E-state index is -0.524. The lowest BCUT2D eigenvalue weighted by Gasteiger charge is -2.12. The molecule has 3 rings (SSSR count). The van der Waals surface area contributed by atoms with Crippen LogP contribution in [0, 0.1) is 12.7 Å². The molecule has 3 aromatic rings. The zero-order chi connectivity index (χ0) is 18.0. The molecular weight excluding hydrogens is 321 g/mol. The first kappa shape index (κ1) is 16.8. The van der Waals surface area contributed by atoms with Gasteiger partial charge in [0, 0.05) is 24.1 Å². The van der Waals surface area contributed by atoms with E-state index in [1.165, 1.54) is 24.3 Å². The number of rotatable bonds is 4. The number of anilines is 1. The van der Waals surface area contributed by atoms with Crippen molar-refractivity contribution in [1.82, 2.24) is 9.55 Å². The van der Waals surface area contributed by atoms with Crippen LogP contribution in [0.1, 0.15) is 29.4 Å². The van der Waals surface area contributed by atoms with Gasteiger partial charge in [0.05, 0.1) is 5.39 Å². The van der Waals surface area contributed by atoms with Gasteiger partial charge >= 0.3 is 0 Å². The van der Waals surface area contributed by atoms with E-state index in [0.717, 1.165) is 12.1 Å². The third-order valence-electron chi connectivity index (χ3n) is 3.87. The number of pyridine rings is 2. The van der Waals surface area contributed by atoms with Crippen LogP contribution in [0.2, 0.25) is 0 Å². The molecule has 1 amide bonds. The van der Waals surface area contributed by atoms with Gasteiger partial charge < -0.3 is 9.88 Å². The van der Waals surface area contributed by atoms with Crippen molar-refractivity contribution in [3.63, 3.8) is 0 Å². The number of aromatic nitrogens is 2. The number of nitrogens with zero attached hydrogens (tertiary/aromatic N) is 2. The highest BCUT2D eigenvalue weighted by Crippen LogP contribution is 2.14. The van der Waals surface area contributed by atoms with Crippen molar-refractivity contribution in [2.45, 2.75) is 26.8 Å². The molecule has 0 spiro atoms. The topological polar surface area (TPSA) is 64.0 Å². The van der Waals surface area contributed by atoms with Crippen LogP contribution in [0.25, 0.3) is 11.0 Å². The number of aryl methyl sites for hydroxylation is 2. The molecule has 0 aliphatic rings. The second-order valence-corrected chi connectivity index (χ2v) is 5.85. The van der Waals surface area contributed by atoms with E-state index in [1.807, 2.05) is 18.4 Å². The van der Waals surface area contributed by atoms with Gasteiger partial charge in [0.15, 0.2) is 0 Å². The van der Waals surface area contributed by atoms with Gasteiger partial charge in [0.2, 0.25) is 5.43 Å². The number of nitrogens with one attached hydrogen (secondary N) is 1. The van der Waals surface area contributed by atoms with Gasteiger partial charge in [-0.1, -0.05) is 6.92 Å². The van der Waals surface area contributed by atoms with Crippen molar-refractivity contribution in [1.29, 1.82) is 0 Å². The van der Waals surface area contributed by atoms with Gasteiger partial charge in [0.1, 0.15) is 17.0 Å². The van der Waals surface area contributed by atoms with E-state index >= 15 is 0 Å². The Morgan fingerprint density at radius 3 is 2.60 bits per heavy atom. The summed E-state index contributed by atoms with van der Waals surface area (Å²) in [6.45, 7) is 4.51. The van der Waals surface area contributed by atoms with Crippen LogP contribution in [-0.2, 0) is 6.54 Å². The Balaban J connectivity index is 2.07. The average molecular weight is 339 g/mol. The lowest BCUT2D eigenvalue weighted by molar-refractivity contribution is 0.102. The smallest absolute Gasteiger partial charge is 0.261 e. The average Bonchev–Trinajstić information content (AvgIpc) is 2.59. The molecule has 0 bridgehead atoms. The van der Waals surface area contributed by atoms with E-state index in [-0.39, 0.29) is 11.0 Å². The summed E-state index contributed by atoms with van der Waals surface area (Å²) in [4.78, 5) is 29.7. The summed E-state index contributed by atoms with van der Waals surface area (Å²) in [5.41, 5.74) is 1.48. The fourth-order valence-corrected chi connectivity index (χ4v) is 2.66. The molecule has 2 heterocycles. The van der Waals surface area contributed by atoms with Crippen molar-refractivity contribution in [2.24, 2.45) is 0 Å². The first-order chi connectivity index (χ1) is 12.0. The summed E-state index contributed by atoms with van der Waals surface area (Å²) in [5, 5.41) is 3.04. The molecular formula is C19H18FN3O2. The molecule has 0 saturated carbocycles. The zero-order valence-corrected chi connectivity index (χ0v) is 14.0. The van der Waals surface area contributed by atoms with Gasteiger partial charge in [-0.15, -0.1) is 0 Å². The van der Waals surface area contributed by atoms with Crippen molar-refractivity contribution >= 4 is 22.6 Å². The number of carbonyl (C=O) groups excluding carboxylic acids is 1. The first-order valence-corrected chi connectivity index (χ1v) is 8.07. The van der Waals surface area contributed by atoms with E-state index < -0.39 is 11.7 Å². The normalized spacial score (nSPS) is 10.8. The highest BCUT2D eigenvalue weighted by molar-refractivity contribution is 6.05. The van der Waals surface area contributed by atoms with E-state index in [1.54, 1.807) is 18.3 Å². The standard InChI is InChI=1S/C19H18FN3O2/c1-3-10-23-11-16(17(24)15-9-4-12(2)21-18(15)23)19(25)22-14-7-5-13(20)6-8-14/h4-9,11H,3,10H2,1-2H3,(H,22,25). The second kappa shape index (κ2) is 6.84. The Kier molecular flexibility index (Phi) is 4.61. The largest absolute Gasteiger partial charge is 0.331 e. The predicted molar refractivity (Wildman–Crippen MR) is 95.4 cm³/mol. The molecule has 6 heteroatoms. The van der Waals surface area contributed by atoms with E-state index in [2.05, 4.69) is 10.3 Å². The van der Waals surface area contributed by atoms with Crippen LogP contribution in [0.3, 0.4) is 0 Å². The van der Waals surface area contributed by atoms with Crippen molar-refractivity contribution in [3.8, 4) is 0 Å². The Morgan fingerprint density at radius 1 is 1.20 bits per heavy atom. The van der Waals surface area contributed by atoms with Crippen LogP contribution >= 0.6 is 0 Å². The molecule has 0 radical (unpaired) electrons. The molecule has 0 fully saturated rings. The van der Waals surface area contributed by atoms with Crippen LogP contribution in [0.4, 0.5) is 10.1 Å². The van der Waals surface area contributed by atoms with Crippen LogP contribution < -0.4 is 10.7 Å². The van der Waals surface area contributed by atoms with Crippen LogP contribution in [0.5, 0.6) is 0 Å². The Labute approximate surface area is 144 Å². The maximum Gasteiger partial charge on any atom is 0.261 e. The van der Waals surface area contributed by atoms with Crippen LogP contribution in [-0.4, -0.2) is 15.5 Å². The summed E-state index contributed by atoms with van der Waals surface area (Å²) >= 11 is 0. The summed E-state index contributed by atoms with van der Waals surface area (Å²) in [7, 11) is 0. The maximum absolute atomic E-state index is 13.0. The molecule has 0 saturated heterocycles. The quantitative estimate of drug-likeness (QED) is 0.791. The monoisotopic (exact) mass is 339 g/mol. The minimum absolute atomic E-state index is 0.0379. The summed E-state index contributed by atoms with van der Waals surface area (Å²) in [5.74, 6) is -0.917. The van der Waals surface area contributed by atoms with Gasteiger partial charge in [-0.2, -0.15) is 0 Å². The number of hydrogen-bond donors (Lipinski definition) is 1. The number of fused-ring (bicyclic) bond motifs is 1. The summed E-state index contributed by atoms with van der Waals surface area (Å²) in [6, 6.07) is 8.84. The minimum Gasteiger partial charge on any atom is -0.331 e. The molecule has 0 aliphatic carbocycles. The molecule has 1 aromatic carbocycles. The number of carbonyl (C=O) groups is 1. The van der Waals surface area contributed by atoms with Crippen molar-refractivity contribution in [3.05, 3.63) is 69.9 Å². The van der Waals surface area contributed by atoms with E-state index in [9.17, 15) is 14.0 Å². The van der Waals surface area contributed by atoms with E-state index in [4.69, 9.17) is 0 Å². The SMILES string of the molecule is CCCn1cc(C(=O)Nc2ccc(F)cc2)c(=O)c2ccc(C)nc21. The fraction of sp³-hybridized carbons (Fsp3) is 0.211. The number of benzene rings is 1. The first-order valence-electron chi connectivity index (χ1n) is 8.07. The second-order valence-electron chi connectivity index (χ2n) is 5.85. The molecule has 1 N–H and O–H groups in total. The van der Waals surface area contributed by atoms with Crippen molar-refractivity contribution in [2.75, 3.05) is 5.32 Å². The number of halogens is 1. The zero-order valence-electron chi connectivity index (χ0n) is 14.0. The molecule has 2 aromatic heterocycles. The fourth-order valence-electron chi connectivity index (χ4n) is 2.66. The van der Waals surface area contributed by atoms with Crippen molar-refractivity contribution < 1.29 is 9.18 Å². The third-order valence-corrected chi connectivity index (χ3v) is 3.87. The van der Waals surface area contributed by atoms with Gasteiger partial charge in [-0.05, 0) is 49.7 Å². The molecule has 5 nitrogen and oxygen atoms in total. The third kappa shape index (κ3) is 3.42. The Hall–Kier alpha value is -3.02. The molecule has 128 valence electrons. The molecule has 25 heavy (non-hydrogen) atoms. The number of hydrogen-bond acceptors (Lipinski definition) is 3. The van der Waals surface area contributed by atoms with Crippen LogP contribution in [0.15, 0.2) is 47.4 Å². The summed E-state index contributed by atoms with van der Waals surface area (Å²) < 4.78 is 14.8. The van der Waals surface area contributed by atoms with Gasteiger partial charge in [0.25, 0.3) is 5.91 Å². The Bertz CT molecular complexity index is 994. The molecule has 0 aliphatic heterocycles. The lowest BCUT2D eigenvalue weighted by Crippen LogP contribution is -2.24. The highest BCUT2D eigenvalue weighted by atomic mass is 19.1. The van der Waals surface area contributed by atoms with Gasteiger partial charge in [-0.25, -0.2) is 9.37 Å². The number of amides is 1. The Morgan fingerprint density at radius 2 is 1.92 bits per heavy atom. The molecule has 0 unspecified atom stereocenters. The molecule has 0 atom stereocenters. The summed E-state index contributed by atoms with van der Waals surface area (Å²) in [6.07, 6.45) is 2.38.